The van der Waals surface area contributed by atoms with E-state index in [9.17, 15) is 0 Å². The van der Waals surface area contributed by atoms with Crippen molar-refractivity contribution in [3.05, 3.63) is 77.9 Å². The van der Waals surface area contributed by atoms with E-state index in [4.69, 9.17) is 14.2 Å². The van der Waals surface area contributed by atoms with E-state index in [-0.39, 0.29) is 12.4 Å². The van der Waals surface area contributed by atoms with Gasteiger partial charge in [-0.2, -0.15) is 0 Å². The molecule has 0 aliphatic carbocycles. The quantitative estimate of drug-likeness (QED) is 0.420. The van der Waals surface area contributed by atoms with Crippen molar-refractivity contribution in [3.63, 3.8) is 0 Å². The standard InChI is InChI=1S/C25H30O3/c1-3-11-20(12-4-1)22(21-13-5-2-6-14-21)19-24-23(28-24)15-7-9-17-26-25-16-8-10-18-27-25/h1-6,11-14,19,23-25H,7-10,15-18H2. The first-order chi connectivity index (χ1) is 13.9. The summed E-state index contributed by atoms with van der Waals surface area (Å²) in [6, 6.07) is 21.1. The molecule has 2 aromatic carbocycles. The maximum Gasteiger partial charge on any atom is 0.157 e. The highest BCUT2D eigenvalue weighted by molar-refractivity contribution is 5.80. The van der Waals surface area contributed by atoms with Gasteiger partial charge < -0.3 is 14.2 Å². The van der Waals surface area contributed by atoms with Crippen LogP contribution in [0, 0.1) is 0 Å². The fourth-order valence-corrected chi connectivity index (χ4v) is 3.80. The third-order valence-corrected chi connectivity index (χ3v) is 5.45. The number of epoxide rings is 1. The van der Waals surface area contributed by atoms with Crippen LogP contribution >= 0.6 is 0 Å². The van der Waals surface area contributed by atoms with Crippen molar-refractivity contribution >= 4 is 5.57 Å². The van der Waals surface area contributed by atoms with E-state index in [1.807, 2.05) is 0 Å². The van der Waals surface area contributed by atoms with Gasteiger partial charge in [-0.1, -0.05) is 60.7 Å². The van der Waals surface area contributed by atoms with Gasteiger partial charge in [0.25, 0.3) is 0 Å². The first kappa shape index (κ1) is 19.4. The predicted octanol–water partition coefficient (Wildman–Crippen LogP) is 5.60. The second kappa shape index (κ2) is 10.0. The Morgan fingerprint density at radius 3 is 2.29 bits per heavy atom. The molecule has 0 N–H and O–H groups in total. The number of hydrogen-bond donors (Lipinski definition) is 0. The molecule has 2 fully saturated rings. The van der Waals surface area contributed by atoms with Crippen LogP contribution in [0.3, 0.4) is 0 Å². The van der Waals surface area contributed by atoms with Gasteiger partial charge in [-0.3, -0.25) is 0 Å². The largest absolute Gasteiger partial charge is 0.365 e. The van der Waals surface area contributed by atoms with Crippen LogP contribution < -0.4 is 0 Å². The van der Waals surface area contributed by atoms with E-state index >= 15 is 0 Å². The molecule has 3 heteroatoms. The molecule has 0 aromatic heterocycles. The van der Waals surface area contributed by atoms with Gasteiger partial charge in [0, 0.05) is 13.2 Å². The lowest BCUT2D eigenvalue weighted by molar-refractivity contribution is -0.162. The Labute approximate surface area is 168 Å². The topological polar surface area (TPSA) is 31.0 Å². The Morgan fingerprint density at radius 1 is 0.929 bits per heavy atom. The third kappa shape index (κ3) is 5.54. The molecule has 3 atom stereocenters. The zero-order chi connectivity index (χ0) is 19.0. The Kier molecular flexibility index (Phi) is 6.93. The molecule has 0 bridgehead atoms. The second-order valence-electron chi connectivity index (χ2n) is 7.61. The highest BCUT2D eigenvalue weighted by atomic mass is 16.7. The number of ether oxygens (including phenoxy) is 3. The predicted molar refractivity (Wildman–Crippen MR) is 112 cm³/mol. The average Bonchev–Trinajstić information content (AvgIpc) is 3.51. The minimum Gasteiger partial charge on any atom is -0.365 e. The smallest absolute Gasteiger partial charge is 0.157 e. The van der Waals surface area contributed by atoms with Crippen molar-refractivity contribution < 1.29 is 14.2 Å². The molecule has 148 valence electrons. The molecule has 0 radical (unpaired) electrons. The van der Waals surface area contributed by atoms with Crippen molar-refractivity contribution in [1.29, 1.82) is 0 Å². The van der Waals surface area contributed by atoms with E-state index in [0.717, 1.165) is 38.9 Å². The molecule has 0 amide bonds. The number of rotatable bonds is 9. The maximum absolute atomic E-state index is 5.95. The summed E-state index contributed by atoms with van der Waals surface area (Å²) < 4.78 is 17.4. The van der Waals surface area contributed by atoms with E-state index in [0.29, 0.717) is 6.10 Å². The molecule has 3 nitrogen and oxygen atoms in total. The minimum absolute atomic E-state index is 0.0286. The van der Waals surface area contributed by atoms with Gasteiger partial charge in [0.15, 0.2) is 6.29 Å². The molecule has 2 aromatic rings. The van der Waals surface area contributed by atoms with Gasteiger partial charge in [0.2, 0.25) is 0 Å². The van der Waals surface area contributed by atoms with Crippen LogP contribution in [0.5, 0.6) is 0 Å². The maximum atomic E-state index is 5.95. The lowest BCUT2D eigenvalue weighted by Crippen LogP contribution is -2.22. The van der Waals surface area contributed by atoms with Crippen LogP contribution in [-0.4, -0.2) is 31.7 Å². The van der Waals surface area contributed by atoms with Crippen molar-refractivity contribution in [1.82, 2.24) is 0 Å². The highest BCUT2D eigenvalue weighted by Crippen LogP contribution is 2.33. The molecule has 3 unspecified atom stereocenters. The average molecular weight is 379 g/mol. The lowest BCUT2D eigenvalue weighted by atomic mass is 9.96. The summed E-state index contributed by atoms with van der Waals surface area (Å²) in [5.41, 5.74) is 3.74. The van der Waals surface area contributed by atoms with E-state index < -0.39 is 0 Å². The van der Waals surface area contributed by atoms with E-state index in [1.165, 1.54) is 29.5 Å². The summed E-state index contributed by atoms with van der Waals surface area (Å²) in [6.45, 7) is 1.64. The monoisotopic (exact) mass is 378 g/mol. The van der Waals surface area contributed by atoms with Gasteiger partial charge in [-0.05, 0) is 61.3 Å². The van der Waals surface area contributed by atoms with Crippen molar-refractivity contribution in [3.8, 4) is 0 Å². The van der Waals surface area contributed by atoms with Crippen LogP contribution in [0.25, 0.3) is 5.57 Å². The van der Waals surface area contributed by atoms with Crippen molar-refractivity contribution in [2.45, 2.75) is 57.0 Å². The van der Waals surface area contributed by atoms with Crippen LogP contribution in [0.1, 0.15) is 49.7 Å². The Morgan fingerprint density at radius 2 is 1.64 bits per heavy atom. The zero-order valence-electron chi connectivity index (χ0n) is 16.5. The first-order valence-electron chi connectivity index (χ1n) is 10.6. The Bertz CT molecular complexity index is 693. The van der Waals surface area contributed by atoms with Gasteiger partial charge >= 0.3 is 0 Å². The number of hydrogen-bond acceptors (Lipinski definition) is 3. The van der Waals surface area contributed by atoms with Crippen LogP contribution in [0.15, 0.2) is 66.7 Å². The second-order valence-corrected chi connectivity index (χ2v) is 7.61. The molecule has 28 heavy (non-hydrogen) atoms. The summed E-state index contributed by atoms with van der Waals surface area (Å²) in [6.07, 6.45) is 9.61. The van der Waals surface area contributed by atoms with Gasteiger partial charge in [-0.25, -0.2) is 0 Å². The molecule has 0 saturated carbocycles. The molecule has 2 aliphatic heterocycles. The molecule has 4 rings (SSSR count). The highest BCUT2D eigenvalue weighted by Gasteiger charge is 2.36. The summed E-state index contributed by atoms with van der Waals surface area (Å²) >= 11 is 0. The molecular weight excluding hydrogens is 348 g/mol. The van der Waals surface area contributed by atoms with Gasteiger partial charge in [0.1, 0.15) is 6.10 Å². The van der Waals surface area contributed by atoms with Gasteiger partial charge in [0.05, 0.1) is 6.10 Å². The fourth-order valence-electron chi connectivity index (χ4n) is 3.80. The molecule has 0 spiro atoms. The zero-order valence-corrected chi connectivity index (χ0v) is 16.5. The lowest BCUT2D eigenvalue weighted by Gasteiger charge is -2.22. The fraction of sp³-hybridized carbons (Fsp3) is 0.440. The van der Waals surface area contributed by atoms with Crippen molar-refractivity contribution in [2.24, 2.45) is 0 Å². The first-order valence-corrected chi connectivity index (χ1v) is 10.6. The van der Waals surface area contributed by atoms with E-state index in [1.54, 1.807) is 0 Å². The summed E-state index contributed by atoms with van der Waals surface area (Å²) in [4.78, 5) is 0. The molecule has 2 heterocycles. The normalized spacial score (nSPS) is 23.9. The SMILES string of the molecule is C(=C(c1ccccc1)c1ccccc1)C1OC1CCCCOC1CCCCO1. The van der Waals surface area contributed by atoms with E-state index in [2.05, 4.69) is 66.7 Å². The van der Waals surface area contributed by atoms with Crippen LogP contribution in [0.4, 0.5) is 0 Å². The summed E-state index contributed by atoms with van der Waals surface area (Å²) in [5, 5.41) is 0. The van der Waals surface area contributed by atoms with Gasteiger partial charge in [-0.15, -0.1) is 0 Å². The third-order valence-electron chi connectivity index (χ3n) is 5.45. The van der Waals surface area contributed by atoms with Crippen LogP contribution in [-0.2, 0) is 14.2 Å². The molecule has 2 saturated heterocycles. The van der Waals surface area contributed by atoms with Crippen molar-refractivity contribution in [2.75, 3.05) is 13.2 Å². The number of benzene rings is 2. The molecule has 2 aliphatic rings. The Balaban J connectivity index is 1.26. The molecular formula is C25H30O3. The Hall–Kier alpha value is -1.94. The van der Waals surface area contributed by atoms with Crippen LogP contribution in [0.2, 0.25) is 0 Å². The number of unbranched alkanes of at least 4 members (excludes halogenated alkanes) is 1. The minimum atomic E-state index is 0.0286. The summed E-state index contributed by atoms with van der Waals surface area (Å²) in [7, 11) is 0. The summed E-state index contributed by atoms with van der Waals surface area (Å²) in [5.74, 6) is 0.